The number of ether oxygens (including phenoxy) is 3. The van der Waals surface area contributed by atoms with Crippen molar-refractivity contribution in [3.63, 3.8) is 0 Å². The lowest BCUT2D eigenvalue weighted by atomic mass is 9.96. The number of carbonyl (C=O) groups is 1. The van der Waals surface area contributed by atoms with Crippen LogP contribution in [0.5, 0.6) is 17.2 Å². The van der Waals surface area contributed by atoms with Gasteiger partial charge in [0.25, 0.3) is 16.3 Å². The van der Waals surface area contributed by atoms with E-state index in [1.54, 1.807) is 61.7 Å². The normalized spacial score (nSPS) is 14.1. The molecule has 0 fully saturated rings. The van der Waals surface area contributed by atoms with Crippen LogP contribution in [-0.2, 0) is 28.5 Å². The Morgan fingerprint density at radius 1 is 1.11 bits per heavy atom. The lowest BCUT2D eigenvalue weighted by molar-refractivity contribution is -0.126. The van der Waals surface area contributed by atoms with Gasteiger partial charge in [0.15, 0.2) is 11.5 Å². The Bertz CT molecular complexity index is 1590. The van der Waals surface area contributed by atoms with Gasteiger partial charge in [0.05, 0.1) is 13.7 Å². The molecule has 5 rings (SSSR count). The van der Waals surface area contributed by atoms with Crippen LogP contribution in [0.15, 0.2) is 71.8 Å². The Labute approximate surface area is 214 Å². The first-order chi connectivity index (χ1) is 17.7. The highest BCUT2D eigenvalue weighted by atomic mass is 32.2. The first-order valence-electron chi connectivity index (χ1n) is 11.5. The fourth-order valence-corrected chi connectivity index (χ4v) is 5.69. The molecule has 0 bridgehead atoms. The third-order valence-electron chi connectivity index (χ3n) is 6.34. The quantitative estimate of drug-likeness (QED) is 0.382. The number of amides is 1. The molecule has 0 radical (unpaired) electrons. The number of nitrogens with zero attached hydrogens (tertiary/aromatic N) is 1. The lowest BCUT2D eigenvalue weighted by Crippen LogP contribution is -2.42. The number of aromatic nitrogens is 1. The van der Waals surface area contributed by atoms with Gasteiger partial charge in [-0.05, 0) is 60.0 Å². The molecule has 1 aromatic heterocycles. The molecular formula is C27H26N2O7S. The molecule has 9 nitrogen and oxygen atoms in total. The minimum absolute atomic E-state index is 0.121. The van der Waals surface area contributed by atoms with Crippen molar-refractivity contribution < 1.29 is 32.5 Å². The van der Waals surface area contributed by atoms with Gasteiger partial charge >= 0.3 is 0 Å². The van der Waals surface area contributed by atoms with Crippen LogP contribution in [0.4, 0.5) is 0 Å². The van der Waals surface area contributed by atoms with Crippen molar-refractivity contribution in [1.29, 1.82) is 0 Å². The third kappa shape index (κ3) is 4.49. The van der Waals surface area contributed by atoms with Crippen molar-refractivity contribution in [3.8, 4) is 17.2 Å². The summed E-state index contributed by atoms with van der Waals surface area (Å²) in [5, 5.41) is 10.4. The van der Waals surface area contributed by atoms with E-state index in [2.05, 4.69) is 4.72 Å². The van der Waals surface area contributed by atoms with Gasteiger partial charge in [-0.15, -0.1) is 0 Å². The van der Waals surface area contributed by atoms with Gasteiger partial charge in [-0.25, -0.2) is 13.1 Å². The number of benzene rings is 3. The van der Waals surface area contributed by atoms with Crippen LogP contribution >= 0.6 is 0 Å². The second kappa shape index (κ2) is 9.45. The lowest BCUT2D eigenvalue weighted by Gasteiger charge is -2.22. The highest BCUT2D eigenvalue weighted by Crippen LogP contribution is 2.41. The number of rotatable bonds is 7. The molecule has 1 aliphatic heterocycles. The van der Waals surface area contributed by atoms with Crippen molar-refractivity contribution in [3.05, 3.63) is 83.6 Å². The Hall–Kier alpha value is -4.02. The van der Waals surface area contributed by atoms with Crippen molar-refractivity contribution in [2.45, 2.75) is 30.6 Å². The maximum absolute atomic E-state index is 13.8. The molecule has 1 amide bonds. The van der Waals surface area contributed by atoms with Gasteiger partial charge in [-0.1, -0.05) is 24.3 Å². The third-order valence-corrected chi connectivity index (χ3v) is 7.72. The van der Waals surface area contributed by atoms with Gasteiger partial charge in [0, 0.05) is 24.1 Å². The molecule has 192 valence electrons. The molecule has 2 N–H and O–H groups in total. The van der Waals surface area contributed by atoms with Gasteiger partial charge in [-0.2, -0.15) is 0 Å². The van der Waals surface area contributed by atoms with Crippen molar-refractivity contribution >= 4 is 26.8 Å². The van der Waals surface area contributed by atoms with E-state index < -0.39 is 28.1 Å². The van der Waals surface area contributed by atoms with E-state index in [1.165, 1.54) is 13.2 Å². The maximum Gasteiger partial charge on any atom is 0.267 e. The number of hydrogen-bond donors (Lipinski definition) is 2. The van der Waals surface area contributed by atoms with Crippen molar-refractivity contribution in [2.24, 2.45) is 7.05 Å². The van der Waals surface area contributed by atoms with E-state index >= 15 is 0 Å². The van der Waals surface area contributed by atoms with Crippen LogP contribution in [0.3, 0.4) is 0 Å². The summed E-state index contributed by atoms with van der Waals surface area (Å²) in [6.45, 7) is 1.62. The molecule has 1 unspecified atom stereocenters. The second-order valence-corrected chi connectivity index (χ2v) is 10.5. The van der Waals surface area contributed by atoms with Crippen LogP contribution in [0.25, 0.3) is 10.9 Å². The van der Waals surface area contributed by atoms with E-state index in [-0.39, 0.29) is 17.3 Å². The average molecular weight is 523 g/mol. The molecule has 4 aromatic rings. The maximum atomic E-state index is 13.8. The van der Waals surface area contributed by atoms with Crippen LogP contribution in [0.1, 0.15) is 22.6 Å². The predicted molar refractivity (Wildman–Crippen MR) is 136 cm³/mol. The number of fused-ring (bicyclic) bond motifs is 2. The number of hydrogen-bond acceptors (Lipinski definition) is 7. The van der Waals surface area contributed by atoms with E-state index in [0.29, 0.717) is 28.0 Å². The van der Waals surface area contributed by atoms with E-state index in [9.17, 15) is 18.3 Å². The highest BCUT2D eigenvalue weighted by molar-refractivity contribution is 7.90. The zero-order valence-electron chi connectivity index (χ0n) is 20.5. The Balaban J connectivity index is 1.59. The Kier molecular flexibility index (Phi) is 6.30. The molecule has 3 aromatic carbocycles. The number of sulfonamides is 1. The minimum Gasteiger partial charge on any atom is -0.495 e. The molecule has 0 saturated heterocycles. The van der Waals surface area contributed by atoms with Gasteiger partial charge in [0.2, 0.25) is 5.91 Å². The first-order valence-corrected chi connectivity index (χ1v) is 13.0. The fourth-order valence-electron chi connectivity index (χ4n) is 4.53. The van der Waals surface area contributed by atoms with Crippen molar-refractivity contribution in [2.75, 3.05) is 7.11 Å². The second-order valence-electron chi connectivity index (χ2n) is 8.86. The summed E-state index contributed by atoms with van der Waals surface area (Å²) in [5.74, 6) is -0.983. The molecule has 2 heterocycles. The largest absolute Gasteiger partial charge is 0.495 e. The summed E-state index contributed by atoms with van der Waals surface area (Å²) < 4.78 is 47.9. The van der Waals surface area contributed by atoms with Crippen LogP contribution in [0, 0.1) is 6.92 Å². The fraction of sp³-hybridized carbons (Fsp3) is 0.222. The molecule has 0 saturated carbocycles. The van der Waals surface area contributed by atoms with Gasteiger partial charge in [0.1, 0.15) is 16.6 Å². The van der Waals surface area contributed by atoms with E-state index in [0.717, 1.165) is 11.1 Å². The SMILES string of the molecule is COc1cc(C)ccc1S(=O)(=O)NC(=O)C(c1cn(C)c2ccc(CO)cc12)C1Oc2ccccc2O1. The van der Waals surface area contributed by atoms with Crippen molar-refractivity contribution in [1.82, 2.24) is 9.29 Å². The zero-order valence-corrected chi connectivity index (χ0v) is 21.3. The molecular weight excluding hydrogens is 496 g/mol. The standard InChI is InChI=1S/C27H26N2O7S/c1-16-8-11-24(23(12-16)34-3)37(32,33)28-26(31)25(27-35-21-6-4-5-7-22(21)36-27)19-14-29(2)20-10-9-17(15-30)13-18(19)20/h4-14,25,27,30H,15H2,1-3H3,(H,28,31). The predicted octanol–water partition coefficient (Wildman–Crippen LogP) is 3.37. The zero-order chi connectivity index (χ0) is 26.3. The number of methoxy groups -OCH3 is 1. The van der Waals surface area contributed by atoms with Crippen LogP contribution in [-0.4, -0.2) is 37.4 Å². The molecule has 10 heteroatoms. The number of aryl methyl sites for hydroxylation is 2. The molecule has 37 heavy (non-hydrogen) atoms. The summed E-state index contributed by atoms with van der Waals surface area (Å²) in [7, 11) is -1.13. The monoisotopic (exact) mass is 522 g/mol. The summed E-state index contributed by atoms with van der Waals surface area (Å²) in [6, 6.07) is 17.0. The highest BCUT2D eigenvalue weighted by Gasteiger charge is 2.41. The number of para-hydroxylation sites is 2. The topological polar surface area (TPSA) is 116 Å². The number of aliphatic hydroxyl groups is 1. The summed E-state index contributed by atoms with van der Waals surface area (Å²) in [5.41, 5.74) is 2.74. The number of nitrogens with one attached hydrogen (secondary N) is 1. The molecule has 0 aliphatic carbocycles. The van der Waals surface area contributed by atoms with E-state index in [1.807, 2.05) is 17.7 Å². The first kappa shape index (κ1) is 24.7. The van der Waals surface area contributed by atoms with Gasteiger partial charge < -0.3 is 23.9 Å². The Morgan fingerprint density at radius 3 is 2.46 bits per heavy atom. The smallest absolute Gasteiger partial charge is 0.267 e. The summed E-state index contributed by atoms with van der Waals surface area (Å²) in [4.78, 5) is 13.6. The summed E-state index contributed by atoms with van der Waals surface area (Å²) in [6.07, 6.45) is 0.612. The molecule has 1 atom stereocenters. The minimum atomic E-state index is -4.31. The van der Waals surface area contributed by atoms with Crippen LogP contribution < -0.4 is 18.9 Å². The average Bonchev–Trinajstić information content (AvgIpc) is 3.44. The summed E-state index contributed by atoms with van der Waals surface area (Å²) >= 11 is 0. The Morgan fingerprint density at radius 2 is 1.81 bits per heavy atom. The molecule has 0 spiro atoms. The van der Waals surface area contributed by atoms with Gasteiger partial charge in [-0.3, -0.25) is 4.79 Å². The van der Waals surface area contributed by atoms with Crippen LogP contribution in [0.2, 0.25) is 0 Å². The molecule has 1 aliphatic rings. The number of aliphatic hydroxyl groups excluding tert-OH is 1. The van der Waals surface area contributed by atoms with E-state index in [4.69, 9.17) is 14.2 Å². The number of carbonyl (C=O) groups excluding carboxylic acids is 1.